The van der Waals surface area contributed by atoms with Gasteiger partial charge in [0, 0.05) is 17.1 Å². The van der Waals surface area contributed by atoms with Crippen LogP contribution < -0.4 is 5.32 Å². The Morgan fingerprint density at radius 2 is 2.15 bits per heavy atom. The first-order valence-corrected chi connectivity index (χ1v) is 8.64. The second-order valence-electron chi connectivity index (χ2n) is 5.87. The Hall–Kier alpha value is -2.92. The van der Waals surface area contributed by atoms with Crippen LogP contribution in [0.5, 0.6) is 0 Å². The van der Waals surface area contributed by atoms with Crippen molar-refractivity contribution in [2.75, 3.05) is 13.6 Å². The maximum Gasteiger partial charge on any atom is 0.168 e. The third-order valence-electron chi connectivity index (χ3n) is 4.18. The van der Waals surface area contributed by atoms with Gasteiger partial charge < -0.3 is 10.3 Å². The lowest BCUT2D eigenvalue weighted by Crippen LogP contribution is -2.09. The van der Waals surface area contributed by atoms with Crippen LogP contribution in [0.2, 0.25) is 0 Å². The van der Waals surface area contributed by atoms with Crippen molar-refractivity contribution in [3.05, 3.63) is 72.2 Å². The number of rotatable bonds is 6. The number of allylic oxidation sites excluding steroid dienone is 3. The molecule has 136 valence electrons. The minimum Gasteiger partial charge on any atom is -0.361 e. The Morgan fingerprint density at radius 3 is 2.81 bits per heavy atom. The van der Waals surface area contributed by atoms with Crippen molar-refractivity contribution in [3.8, 4) is 0 Å². The quantitative estimate of drug-likeness (QED) is 0.522. The molecule has 0 aliphatic carbocycles. The van der Waals surface area contributed by atoms with E-state index in [1.165, 1.54) is 16.5 Å². The minimum atomic E-state index is 0.577. The molecule has 26 heavy (non-hydrogen) atoms. The van der Waals surface area contributed by atoms with Gasteiger partial charge in [-0.05, 0) is 57.1 Å². The van der Waals surface area contributed by atoms with Gasteiger partial charge in [0.15, 0.2) is 6.29 Å². The molecule has 0 unspecified atom stereocenters. The lowest BCUT2D eigenvalue weighted by atomic mass is 10.1. The number of aromatic nitrogens is 3. The fourth-order valence-electron chi connectivity index (χ4n) is 2.71. The number of likely N-dealkylation sites (N-methyl/N-ethyl adjacent to an activating group) is 1. The largest absolute Gasteiger partial charge is 0.361 e. The number of carbonyl (C=O) groups is 1. The first-order chi connectivity index (χ1) is 12.7. The molecule has 3 aromatic rings. The van der Waals surface area contributed by atoms with Gasteiger partial charge in [-0.25, -0.2) is 4.68 Å². The van der Waals surface area contributed by atoms with E-state index in [1.54, 1.807) is 17.0 Å². The zero-order valence-corrected chi connectivity index (χ0v) is 15.6. The minimum absolute atomic E-state index is 0.577. The number of para-hydroxylation sites is 1. The van der Waals surface area contributed by atoms with E-state index in [2.05, 4.69) is 52.4 Å². The van der Waals surface area contributed by atoms with Crippen molar-refractivity contribution in [2.24, 2.45) is 0 Å². The molecule has 0 saturated carbocycles. The number of hydrogen-bond donors (Lipinski definition) is 2. The van der Waals surface area contributed by atoms with Gasteiger partial charge in [0.25, 0.3) is 0 Å². The first-order valence-electron chi connectivity index (χ1n) is 8.64. The highest BCUT2D eigenvalue weighted by atomic mass is 16.1. The zero-order valence-electron chi connectivity index (χ0n) is 15.6. The van der Waals surface area contributed by atoms with Crippen molar-refractivity contribution >= 4 is 22.9 Å². The molecule has 2 aromatic heterocycles. The van der Waals surface area contributed by atoms with Gasteiger partial charge in [-0.2, -0.15) is 5.10 Å². The maximum atomic E-state index is 10.7. The van der Waals surface area contributed by atoms with E-state index in [4.69, 9.17) is 0 Å². The molecular formula is C21H26N4O. The van der Waals surface area contributed by atoms with Gasteiger partial charge >= 0.3 is 0 Å². The molecule has 0 aliphatic heterocycles. The normalized spacial score (nSPS) is 11.1. The van der Waals surface area contributed by atoms with E-state index in [9.17, 15) is 4.79 Å². The summed E-state index contributed by atoms with van der Waals surface area (Å²) in [6, 6.07) is 8.41. The molecule has 0 amide bonds. The predicted molar refractivity (Wildman–Crippen MR) is 108 cm³/mol. The molecule has 0 fully saturated rings. The van der Waals surface area contributed by atoms with Crippen LogP contribution in [0, 0.1) is 6.92 Å². The number of H-pyrrole nitrogens is 1. The average Bonchev–Trinajstić information content (AvgIpc) is 3.25. The molecule has 0 saturated heterocycles. The van der Waals surface area contributed by atoms with E-state index >= 15 is 0 Å². The van der Waals surface area contributed by atoms with E-state index in [0.29, 0.717) is 5.69 Å². The van der Waals surface area contributed by atoms with Crippen LogP contribution in [-0.2, 0) is 6.42 Å². The predicted octanol–water partition coefficient (Wildman–Crippen LogP) is 3.98. The molecule has 0 radical (unpaired) electrons. The standard InChI is InChI=1S/C11H14N2.C10H12N2O/c1-12-7-6-9-8-13-11-5-3-2-4-10(9)11;1-4-9(5-2)12-10(7-13)8(3)6-11-12/h2-5,8,12-13H,6-7H2,1H3;4-7H,1H2,2-3H3/b;9-5+. The molecule has 2 heterocycles. The Labute approximate surface area is 154 Å². The topological polar surface area (TPSA) is 62.7 Å². The number of carbonyl (C=O) groups excluding carboxylic acids is 1. The fraction of sp³-hybridized carbons (Fsp3) is 0.238. The van der Waals surface area contributed by atoms with Gasteiger partial charge in [0.1, 0.15) is 5.69 Å². The van der Waals surface area contributed by atoms with Crippen LogP contribution in [0.1, 0.15) is 28.5 Å². The van der Waals surface area contributed by atoms with Gasteiger partial charge in [-0.1, -0.05) is 30.9 Å². The Morgan fingerprint density at radius 1 is 1.38 bits per heavy atom. The molecule has 0 bridgehead atoms. The molecule has 5 heteroatoms. The molecule has 0 spiro atoms. The number of aromatic amines is 1. The van der Waals surface area contributed by atoms with Crippen LogP contribution in [0.3, 0.4) is 0 Å². The number of hydrogen-bond acceptors (Lipinski definition) is 3. The van der Waals surface area contributed by atoms with Crippen molar-refractivity contribution in [1.82, 2.24) is 20.1 Å². The molecule has 2 N–H and O–H groups in total. The van der Waals surface area contributed by atoms with Gasteiger partial charge in [-0.3, -0.25) is 4.79 Å². The molecule has 0 atom stereocenters. The van der Waals surface area contributed by atoms with Gasteiger partial charge in [0.2, 0.25) is 0 Å². The van der Waals surface area contributed by atoms with Gasteiger partial charge in [-0.15, -0.1) is 0 Å². The molecule has 1 aromatic carbocycles. The SMILES string of the molecule is C=C/C(=C\C)n1ncc(C)c1C=O.CNCCc1c[nH]c2ccccc12. The summed E-state index contributed by atoms with van der Waals surface area (Å²) in [6.07, 6.45) is 9.17. The molecule has 3 rings (SSSR count). The summed E-state index contributed by atoms with van der Waals surface area (Å²) in [6.45, 7) is 8.41. The smallest absolute Gasteiger partial charge is 0.168 e. The third kappa shape index (κ3) is 4.37. The van der Waals surface area contributed by atoms with E-state index in [-0.39, 0.29) is 0 Å². The lowest BCUT2D eigenvalue weighted by Gasteiger charge is -2.02. The summed E-state index contributed by atoms with van der Waals surface area (Å²) in [5.74, 6) is 0. The zero-order chi connectivity index (χ0) is 18.9. The summed E-state index contributed by atoms with van der Waals surface area (Å²) >= 11 is 0. The van der Waals surface area contributed by atoms with Crippen molar-refractivity contribution in [2.45, 2.75) is 20.3 Å². The van der Waals surface area contributed by atoms with E-state index in [0.717, 1.165) is 30.5 Å². The Kier molecular flexibility index (Phi) is 7.12. The van der Waals surface area contributed by atoms with Crippen LogP contribution >= 0.6 is 0 Å². The maximum absolute atomic E-state index is 10.7. The van der Waals surface area contributed by atoms with Crippen LogP contribution in [0.15, 0.2) is 55.4 Å². The summed E-state index contributed by atoms with van der Waals surface area (Å²) in [5.41, 5.74) is 4.89. The summed E-state index contributed by atoms with van der Waals surface area (Å²) in [7, 11) is 1.98. The summed E-state index contributed by atoms with van der Waals surface area (Å²) in [5, 5.41) is 8.58. The van der Waals surface area contributed by atoms with Crippen LogP contribution in [-0.4, -0.2) is 34.6 Å². The number of nitrogens with one attached hydrogen (secondary N) is 2. The first kappa shape index (κ1) is 19.4. The van der Waals surface area contributed by atoms with Crippen molar-refractivity contribution < 1.29 is 4.79 Å². The second-order valence-corrected chi connectivity index (χ2v) is 5.87. The van der Waals surface area contributed by atoms with Crippen LogP contribution in [0.4, 0.5) is 0 Å². The van der Waals surface area contributed by atoms with Crippen molar-refractivity contribution in [3.63, 3.8) is 0 Å². The van der Waals surface area contributed by atoms with E-state index in [1.807, 2.05) is 27.0 Å². The fourth-order valence-corrected chi connectivity index (χ4v) is 2.71. The molecule has 0 aliphatic rings. The Balaban J connectivity index is 0.000000187. The second kappa shape index (κ2) is 9.53. The molecular weight excluding hydrogens is 324 g/mol. The van der Waals surface area contributed by atoms with Gasteiger partial charge in [0.05, 0.1) is 11.9 Å². The average molecular weight is 350 g/mol. The highest BCUT2D eigenvalue weighted by Gasteiger charge is 2.07. The number of nitrogens with zero attached hydrogens (tertiary/aromatic N) is 2. The van der Waals surface area contributed by atoms with Crippen LogP contribution in [0.25, 0.3) is 16.6 Å². The Bertz CT molecular complexity index is 902. The van der Waals surface area contributed by atoms with Crippen molar-refractivity contribution in [1.29, 1.82) is 0 Å². The number of benzene rings is 1. The highest BCUT2D eigenvalue weighted by Crippen LogP contribution is 2.17. The highest BCUT2D eigenvalue weighted by molar-refractivity contribution is 5.83. The summed E-state index contributed by atoms with van der Waals surface area (Å²) < 4.78 is 1.58. The lowest BCUT2D eigenvalue weighted by molar-refractivity contribution is 0.111. The summed E-state index contributed by atoms with van der Waals surface area (Å²) in [4.78, 5) is 14.0. The number of aryl methyl sites for hydroxylation is 1. The monoisotopic (exact) mass is 350 g/mol. The third-order valence-corrected chi connectivity index (χ3v) is 4.18. The number of fused-ring (bicyclic) bond motifs is 1. The molecule has 5 nitrogen and oxygen atoms in total. The number of aldehydes is 1. The van der Waals surface area contributed by atoms with E-state index < -0.39 is 0 Å².